The maximum atomic E-state index is 10.9. The predicted octanol–water partition coefficient (Wildman–Crippen LogP) is 1.66. The fourth-order valence-electron chi connectivity index (χ4n) is 1.64. The highest BCUT2D eigenvalue weighted by molar-refractivity contribution is 5.73. The van der Waals surface area contributed by atoms with Crippen molar-refractivity contribution in [1.29, 1.82) is 0 Å². The van der Waals surface area contributed by atoms with E-state index in [4.69, 9.17) is 14.6 Å². The first-order valence-corrected chi connectivity index (χ1v) is 5.79. The van der Waals surface area contributed by atoms with Gasteiger partial charge >= 0.3 is 5.97 Å². The van der Waals surface area contributed by atoms with Crippen LogP contribution >= 0.6 is 0 Å². The van der Waals surface area contributed by atoms with E-state index < -0.39 is 12.0 Å². The molecule has 5 nitrogen and oxygen atoms in total. The Morgan fingerprint density at radius 2 is 2.00 bits per heavy atom. The second-order valence-corrected chi connectivity index (χ2v) is 3.87. The van der Waals surface area contributed by atoms with Crippen LogP contribution in [0.15, 0.2) is 18.2 Å². The van der Waals surface area contributed by atoms with E-state index in [1.807, 2.05) is 19.1 Å². The molecule has 18 heavy (non-hydrogen) atoms. The molecule has 1 unspecified atom stereocenters. The molecule has 0 saturated heterocycles. The van der Waals surface area contributed by atoms with Crippen molar-refractivity contribution in [3.8, 4) is 11.5 Å². The van der Waals surface area contributed by atoms with Crippen LogP contribution in [0.1, 0.15) is 18.9 Å². The molecule has 1 rings (SSSR count). The van der Waals surface area contributed by atoms with Crippen LogP contribution < -0.4 is 14.8 Å². The van der Waals surface area contributed by atoms with Crippen LogP contribution in [0.4, 0.5) is 0 Å². The molecule has 1 aromatic carbocycles. The first-order valence-electron chi connectivity index (χ1n) is 5.79. The number of benzene rings is 1. The standard InChI is InChI=1S/C13H19NO4/c1-4-10(13(15)16)14-8-9-5-6-11(17-2)12(7-9)18-3/h5-7,10,14H,4,8H2,1-3H3,(H,15,16). The van der Waals surface area contributed by atoms with Gasteiger partial charge in [-0.1, -0.05) is 13.0 Å². The Bertz CT molecular complexity index is 406. The van der Waals surface area contributed by atoms with Crippen molar-refractivity contribution >= 4 is 5.97 Å². The quantitative estimate of drug-likeness (QED) is 0.773. The zero-order chi connectivity index (χ0) is 13.5. The van der Waals surface area contributed by atoms with Crippen LogP contribution in [0.5, 0.6) is 11.5 Å². The molecule has 0 spiro atoms. The number of nitrogens with one attached hydrogen (secondary N) is 1. The van der Waals surface area contributed by atoms with Crippen molar-refractivity contribution in [2.75, 3.05) is 14.2 Å². The lowest BCUT2D eigenvalue weighted by Gasteiger charge is -2.13. The molecule has 0 saturated carbocycles. The second-order valence-electron chi connectivity index (χ2n) is 3.87. The van der Waals surface area contributed by atoms with E-state index >= 15 is 0 Å². The van der Waals surface area contributed by atoms with Gasteiger partial charge in [-0.15, -0.1) is 0 Å². The predicted molar refractivity (Wildman–Crippen MR) is 68.1 cm³/mol. The molecule has 0 aromatic heterocycles. The third-order valence-electron chi connectivity index (χ3n) is 2.71. The largest absolute Gasteiger partial charge is 0.493 e. The van der Waals surface area contributed by atoms with Crippen molar-refractivity contribution in [3.63, 3.8) is 0 Å². The van der Waals surface area contributed by atoms with E-state index in [0.29, 0.717) is 24.5 Å². The summed E-state index contributed by atoms with van der Waals surface area (Å²) in [4.78, 5) is 10.9. The molecule has 2 N–H and O–H groups in total. The number of carbonyl (C=O) groups is 1. The van der Waals surface area contributed by atoms with E-state index in [9.17, 15) is 4.79 Å². The SMILES string of the molecule is CCC(NCc1ccc(OC)c(OC)c1)C(=O)O. The summed E-state index contributed by atoms with van der Waals surface area (Å²) in [6.45, 7) is 2.31. The van der Waals surface area contributed by atoms with E-state index in [0.717, 1.165) is 5.56 Å². The summed E-state index contributed by atoms with van der Waals surface area (Å²) in [5, 5.41) is 11.9. The summed E-state index contributed by atoms with van der Waals surface area (Å²) >= 11 is 0. The van der Waals surface area contributed by atoms with E-state index in [1.54, 1.807) is 20.3 Å². The molecule has 0 amide bonds. The van der Waals surface area contributed by atoms with Gasteiger partial charge in [0.2, 0.25) is 0 Å². The van der Waals surface area contributed by atoms with Gasteiger partial charge in [-0.2, -0.15) is 0 Å². The zero-order valence-electron chi connectivity index (χ0n) is 10.9. The molecule has 1 aromatic rings. The van der Waals surface area contributed by atoms with Crippen molar-refractivity contribution in [2.45, 2.75) is 25.9 Å². The van der Waals surface area contributed by atoms with Crippen molar-refractivity contribution in [2.24, 2.45) is 0 Å². The summed E-state index contributed by atoms with van der Waals surface area (Å²) in [6.07, 6.45) is 0.544. The number of carboxylic acids is 1. The number of aliphatic carboxylic acids is 1. The maximum absolute atomic E-state index is 10.9. The summed E-state index contributed by atoms with van der Waals surface area (Å²) in [6, 6.07) is 4.99. The van der Waals surface area contributed by atoms with Crippen LogP contribution in [0.2, 0.25) is 0 Å². The Labute approximate surface area is 107 Å². The number of ether oxygens (including phenoxy) is 2. The lowest BCUT2D eigenvalue weighted by atomic mass is 10.1. The lowest BCUT2D eigenvalue weighted by molar-refractivity contribution is -0.139. The van der Waals surface area contributed by atoms with Crippen LogP contribution in [0.3, 0.4) is 0 Å². The van der Waals surface area contributed by atoms with Gasteiger partial charge in [0.15, 0.2) is 11.5 Å². The van der Waals surface area contributed by atoms with Crippen LogP contribution in [-0.2, 0) is 11.3 Å². The fraction of sp³-hybridized carbons (Fsp3) is 0.462. The van der Waals surface area contributed by atoms with E-state index in [1.165, 1.54) is 0 Å². The third-order valence-corrected chi connectivity index (χ3v) is 2.71. The van der Waals surface area contributed by atoms with Crippen molar-refractivity contribution in [3.05, 3.63) is 23.8 Å². The minimum absolute atomic E-state index is 0.477. The van der Waals surface area contributed by atoms with Gasteiger partial charge in [0.05, 0.1) is 14.2 Å². The summed E-state index contributed by atoms with van der Waals surface area (Å²) < 4.78 is 10.3. The van der Waals surface area contributed by atoms with Crippen molar-refractivity contribution < 1.29 is 19.4 Å². The normalized spacial score (nSPS) is 11.9. The molecule has 0 aliphatic heterocycles. The highest BCUT2D eigenvalue weighted by Crippen LogP contribution is 2.27. The van der Waals surface area contributed by atoms with Crippen LogP contribution in [-0.4, -0.2) is 31.3 Å². The molecule has 1 atom stereocenters. The third kappa shape index (κ3) is 3.63. The summed E-state index contributed by atoms with van der Waals surface area (Å²) in [5.74, 6) is 0.463. The summed E-state index contributed by atoms with van der Waals surface area (Å²) in [7, 11) is 3.15. The number of carboxylic acid groups (broad SMARTS) is 1. The fourth-order valence-corrected chi connectivity index (χ4v) is 1.64. The monoisotopic (exact) mass is 253 g/mol. The smallest absolute Gasteiger partial charge is 0.320 e. The molecule has 0 radical (unpaired) electrons. The Morgan fingerprint density at radius 3 is 2.50 bits per heavy atom. The maximum Gasteiger partial charge on any atom is 0.320 e. The lowest BCUT2D eigenvalue weighted by Crippen LogP contribution is -2.35. The minimum Gasteiger partial charge on any atom is -0.493 e. The molecular formula is C13H19NO4. The minimum atomic E-state index is -0.835. The topological polar surface area (TPSA) is 67.8 Å². The van der Waals surface area contributed by atoms with Gasteiger partial charge in [-0.05, 0) is 24.1 Å². The van der Waals surface area contributed by atoms with Gasteiger partial charge < -0.3 is 19.9 Å². The molecule has 0 bridgehead atoms. The average Bonchev–Trinajstić information content (AvgIpc) is 2.38. The molecule has 0 fully saturated rings. The number of hydrogen-bond acceptors (Lipinski definition) is 4. The summed E-state index contributed by atoms with van der Waals surface area (Å²) in [5.41, 5.74) is 0.951. The Morgan fingerprint density at radius 1 is 1.33 bits per heavy atom. The highest BCUT2D eigenvalue weighted by atomic mass is 16.5. The first-order chi connectivity index (χ1) is 8.62. The molecule has 5 heteroatoms. The first kappa shape index (κ1) is 14.3. The Kier molecular flexibility index (Phi) is 5.45. The highest BCUT2D eigenvalue weighted by Gasteiger charge is 2.14. The molecule has 0 aliphatic rings. The number of rotatable bonds is 7. The van der Waals surface area contributed by atoms with E-state index in [-0.39, 0.29) is 0 Å². The average molecular weight is 253 g/mol. The van der Waals surface area contributed by atoms with Gasteiger partial charge in [0, 0.05) is 6.54 Å². The van der Waals surface area contributed by atoms with Crippen molar-refractivity contribution in [1.82, 2.24) is 5.32 Å². The molecule has 0 aliphatic carbocycles. The Hall–Kier alpha value is -1.75. The van der Waals surface area contributed by atoms with Gasteiger partial charge in [0.25, 0.3) is 0 Å². The second kappa shape index (κ2) is 6.86. The van der Waals surface area contributed by atoms with Crippen LogP contribution in [0.25, 0.3) is 0 Å². The Balaban J connectivity index is 2.70. The number of hydrogen-bond donors (Lipinski definition) is 2. The van der Waals surface area contributed by atoms with E-state index in [2.05, 4.69) is 5.32 Å². The van der Waals surface area contributed by atoms with Gasteiger partial charge in [-0.3, -0.25) is 4.79 Å². The molecular weight excluding hydrogens is 234 g/mol. The number of methoxy groups -OCH3 is 2. The molecule has 0 heterocycles. The van der Waals surface area contributed by atoms with Gasteiger partial charge in [-0.25, -0.2) is 0 Å². The molecule has 100 valence electrons. The zero-order valence-corrected chi connectivity index (χ0v) is 10.9. The van der Waals surface area contributed by atoms with Crippen LogP contribution in [0, 0.1) is 0 Å². The van der Waals surface area contributed by atoms with Gasteiger partial charge in [0.1, 0.15) is 6.04 Å².